The van der Waals surface area contributed by atoms with Crippen LogP contribution in [0.1, 0.15) is 39.5 Å². The number of hydrogen-bond donors (Lipinski definition) is 1. The lowest BCUT2D eigenvalue weighted by Crippen LogP contribution is -2.55. The summed E-state index contributed by atoms with van der Waals surface area (Å²) < 4.78 is 5.44. The van der Waals surface area contributed by atoms with Crippen LogP contribution in [0.25, 0.3) is 0 Å². The van der Waals surface area contributed by atoms with E-state index >= 15 is 0 Å². The first-order valence-electron chi connectivity index (χ1n) is 7.11. The molecule has 0 radical (unpaired) electrons. The van der Waals surface area contributed by atoms with E-state index in [1.165, 1.54) is 25.7 Å². The lowest BCUT2D eigenvalue weighted by molar-refractivity contribution is 0.00555. The van der Waals surface area contributed by atoms with Crippen molar-refractivity contribution < 1.29 is 4.74 Å². The van der Waals surface area contributed by atoms with Gasteiger partial charge in [0, 0.05) is 31.3 Å². The summed E-state index contributed by atoms with van der Waals surface area (Å²) in [6.07, 6.45) is 5.41. The molecule has 3 atom stereocenters. The van der Waals surface area contributed by atoms with Gasteiger partial charge in [-0.3, -0.25) is 4.90 Å². The van der Waals surface area contributed by atoms with Crippen molar-refractivity contribution in [1.82, 2.24) is 10.2 Å². The topological polar surface area (TPSA) is 24.5 Å². The third-order valence-corrected chi connectivity index (χ3v) is 4.69. The molecule has 3 nitrogen and oxygen atoms in total. The van der Waals surface area contributed by atoms with Gasteiger partial charge in [-0.1, -0.05) is 13.8 Å². The predicted molar refractivity (Wildman–Crippen MR) is 71.2 cm³/mol. The van der Waals surface area contributed by atoms with Crippen molar-refractivity contribution in [3.8, 4) is 0 Å². The molecule has 0 aromatic carbocycles. The monoisotopic (exact) mass is 240 g/mol. The van der Waals surface area contributed by atoms with Gasteiger partial charge in [-0.05, 0) is 38.6 Å². The number of nitrogens with one attached hydrogen (secondary N) is 1. The summed E-state index contributed by atoms with van der Waals surface area (Å²) in [6.45, 7) is 5.54. The first kappa shape index (κ1) is 13.3. The molecule has 2 heterocycles. The molecule has 3 heteroatoms. The maximum absolute atomic E-state index is 5.44. The highest BCUT2D eigenvalue weighted by Crippen LogP contribution is 2.38. The zero-order valence-electron chi connectivity index (χ0n) is 11.8. The lowest BCUT2D eigenvalue weighted by atomic mass is 9.92. The molecule has 17 heavy (non-hydrogen) atoms. The molecule has 0 amide bonds. The molecule has 0 aliphatic carbocycles. The van der Waals surface area contributed by atoms with Crippen LogP contribution >= 0.6 is 0 Å². The summed E-state index contributed by atoms with van der Waals surface area (Å²) in [6, 6.07) is 2.91. The molecule has 0 saturated carbocycles. The van der Waals surface area contributed by atoms with Crippen molar-refractivity contribution in [3.05, 3.63) is 0 Å². The van der Waals surface area contributed by atoms with E-state index in [-0.39, 0.29) is 0 Å². The molecule has 2 bridgehead atoms. The van der Waals surface area contributed by atoms with Gasteiger partial charge in [0.15, 0.2) is 0 Å². The smallest absolute Gasteiger partial charge is 0.0620 e. The summed E-state index contributed by atoms with van der Waals surface area (Å²) in [4.78, 5) is 2.78. The SMILES string of the molecule is CNC1CC2CCC(C1)N2C(COC)C(C)C. The van der Waals surface area contributed by atoms with Gasteiger partial charge in [0.25, 0.3) is 0 Å². The molecule has 3 unspecified atom stereocenters. The van der Waals surface area contributed by atoms with Gasteiger partial charge in [-0.2, -0.15) is 0 Å². The minimum Gasteiger partial charge on any atom is -0.383 e. The van der Waals surface area contributed by atoms with Crippen molar-refractivity contribution in [2.45, 2.75) is 63.7 Å². The number of nitrogens with zero attached hydrogens (tertiary/aromatic N) is 1. The Balaban J connectivity index is 2.06. The zero-order chi connectivity index (χ0) is 12.4. The van der Waals surface area contributed by atoms with Crippen LogP contribution in [0, 0.1) is 5.92 Å². The van der Waals surface area contributed by atoms with E-state index in [0.717, 1.165) is 24.7 Å². The minimum absolute atomic E-state index is 0.607. The molecule has 100 valence electrons. The molecule has 2 saturated heterocycles. The Hall–Kier alpha value is -0.120. The standard InChI is InChI=1S/C14H28N2O/c1-10(2)14(9-17-4)16-12-5-6-13(16)8-11(7-12)15-3/h10-15H,5-9H2,1-4H3. The van der Waals surface area contributed by atoms with Crippen molar-refractivity contribution in [1.29, 1.82) is 0 Å². The molecule has 0 aromatic heterocycles. The summed E-state index contributed by atoms with van der Waals surface area (Å²) in [7, 11) is 3.94. The van der Waals surface area contributed by atoms with Crippen LogP contribution in [0.5, 0.6) is 0 Å². The fourth-order valence-corrected chi connectivity index (χ4v) is 3.78. The van der Waals surface area contributed by atoms with E-state index in [2.05, 4.69) is 31.1 Å². The average Bonchev–Trinajstić information content (AvgIpc) is 2.57. The highest BCUT2D eigenvalue weighted by Gasteiger charge is 2.44. The Morgan fingerprint density at radius 1 is 1.24 bits per heavy atom. The Morgan fingerprint density at radius 3 is 2.24 bits per heavy atom. The van der Waals surface area contributed by atoms with Crippen molar-refractivity contribution >= 4 is 0 Å². The van der Waals surface area contributed by atoms with Crippen molar-refractivity contribution in [2.24, 2.45) is 5.92 Å². The zero-order valence-corrected chi connectivity index (χ0v) is 11.8. The van der Waals surface area contributed by atoms with E-state index in [0.29, 0.717) is 12.0 Å². The second-order valence-corrected chi connectivity index (χ2v) is 6.06. The molecule has 2 aliphatic heterocycles. The normalized spacial score (nSPS) is 35.5. The van der Waals surface area contributed by atoms with E-state index in [4.69, 9.17) is 4.74 Å². The number of ether oxygens (including phenoxy) is 1. The molecule has 2 rings (SSSR count). The van der Waals surface area contributed by atoms with Crippen LogP contribution in [-0.4, -0.2) is 49.8 Å². The van der Waals surface area contributed by atoms with Crippen LogP contribution < -0.4 is 5.32 Å². The largest absolute Gasteiger partial charge is 0.383 e. The minimum atomic E-state index is 0.607. The lowest BCUT2D eigenvalue weighted by Gasteiger charge is -2.45. The quantitative estimate of drug-likeness (QED) is 0.794. The number of fused-ring (bicyclic) bond motifs is 2. The summed E-state index contributed by atoms with van der Waals surface area (Å²) >= 11 is 0. The fourth-order valence-electron chi connectivity index (χ4n) is 3.78. The highest BCUT2D eigenvalue weighted by molar-refractivity contribution is 5.00. The summed E-state index contributed by atoms with van der Waals surface area (Å²) in [5.74, 6) is 0.684. The van der Waals surface area contributed by atoms with Gasteiger partial charge in [0.05, 0.1) is 6.61 Å². The van der Waals surface area contributed by atoms with E-state index in [1.807, 2.05) is 7.11 Å². The molecule has 2 fully saturated rings. The van der Waals surface area contributed by atoms with Crippen LogP contribution in [0.2, 0.25) is 0 Å². The Morgan fingerprint density at radius 2 is 1.82 bits per heavy atom. The maximum Gasteiger partial charge on any atom is 0.0620 e. The first-order valence-corrected chi connectivity index (χ1v) is 7.11. The van der Waals surface area contributed by atoms with Gasteiger partial charge in [0.2, 0.25) is 0 Å². The molecule has 2 aliphatic rings. The number of hydrogen-bond acceptors (Lipinski definition) is 3. The van der Waals surface area contributed by atoms with Gasteiger partial charge in [0.1, 0.15) is 0 Å². The number of piperidine rings is 1. The fraction of sp³-hybridized carbons (Fsp3) is 1.00. The van der Waals surface area contributed by atoms with Crippen LogP contribution in [-0.2, 0) is 4.74 Å². The third-order valence-electron chi connectivity index (χ3n) is 4.69. The second-order valence-electron chi connectivity index (χ2n) is 6.06. The van der Waals surface area contributed by atoms with E-state index < -0.39 is 0 Å². The van der Waals surface area contributed by atoms with Crippen LogP contribution in [0.3, 0.4) is 0 Å². The number of methoxy groups -OCH3 is 1. The molecule has 0 aromatic rings. The molecular weight excluding hydrogens is 212 g/mol. The predicted octanol–water partition coefficient (Wildman–Crippen LogP) is 1.87. The Bertz CT molecular complexity index is 230. The third kappa shape index (κ3) is 2.67. The maximum atomic E-state index is 5.44. The average molecular weight is 240 g/mol. The highest BCUT2D eigenvalue weighted by atomic mass is 16.5. The molecule has 1 N–H and O–H groups in total. The molecule has 0 spiro atoms. The Labute approximate surface area is 106 Å². The number of rotatable bonds is 5. The Kier molecular flexibility index (Phi) is 4.45. The van der Waals surface area contributed by atoms with Crippen molar-refractivity contribution in [2.75, 3.05) is 20.8 Å². The van der Waals surface area contributed by atoms with Gasteiger partial charge in [-0.15, -0.1) is 0 Å². The first-order chi connectivity index (χ1) is 8.17. The van der Waals surface area contributed by atoms with Gasteiger partial charge >= 0.3 is 0 Å². The summed E-state index contributed by atoms with van der Waals surface area (Å²) in [5.41, 5.74) is 0. The van der Waals surface area contributed by atoms with E-state index in [1.54, 1.807) is 0 Å². The van der Waals surface area contributed by atoms with Gasteiger partial charge in [-0.25, -0.2) is 0 Å². The van der Waals surface area contributed by atoms with Gasteiger partial charge < -0.3 is 10.1 Å². The van der Waals surface area contributed by atoms with Crippen LogP contribution in [0.15, 0.2) is 0 Å². The second kappa shape index (κ2) is 5.68. The molecular formula is C14H28N2O. The van der Waals surface area contributed by atoms with Crippen LogP contribution in [0.4, 0.5) is 0 Å². The van der Waals surface area contributed by atoms with Crippen molar-refractivity contribution in [3.63, 3.8) is 0 Å². The summed E-state index contributed by atoms with van der Waals surface area (Å²) in [5, 5.41) is 3.47. The van der Waals surface area contributed by atoms with E-state index in [9.17, 15) is 0 Å².